The number of hydrogen-bond donors (Lipinski definition) is 1. The summed E-state index contributed by atoms with van der Waals surface area (Å²) in [7, 11) is 0. The van der Waals surface area contributed by atoms with Crippen LogP contribution in [0.1, 0.15) is 48.5 Å². The molecule has 0 bridgehead atoms. The normalized spacial score (nSPS) is 24.1. The van der Waals surface area contributed by atoms with E-state index in [0.717, 1.165) is 5.57 Å². The Morgan fingerprint density at radius 1 is 1.52 bits per heavy atom. The zero-order valence-electron chi connectivity index (χ0n) is 14.3. The van der Waals surface area contributed by atoms with Gasteiger partial charge in [0, 0.05) is 5.92 Å². The van der Waals surface area contributed by atoms with Gasteiger partial charge in [-0.2, -0.15) is 0 Å². The van der Waals surface area contributed by atoms with Crippen LogP contribution in [-0.4, -0.2) is 46.7 Å². The Morgan fingerprint density at radius 2 is 2.10 bits per heavy atom. The van der Waals surface area contributed by atoms with Gasteiger partial charge in [0.1, 0.15) is 11.3 Å². The van der Waals surface area contributed by atoms with Gasteiger partial charge in [0.2, 0.25) is 0 Å². The van der Waals surface area contributed by atoms with E-state index in [1.54, 1.807) is 4.90 Å². The van der Waals surface area contributed by atoms with Crippen molar-refractivity contribution in [1.29, 1.82) is 0 Å². The molecule has 1 fully saturated rings. The lowest BCUT2D eigenvalue weighted by Crippen LogP contribution is -2.51. The summed E-state index contributed by atoms with van der Waals surface area (Å²) in [5.41, 5.74) is -0.366. The van der Waals surface area contributed by atoms with Crippen molar-refractivity contribution in [2.75, 3.05) is 13.2 Å². The molecule has 21 heavy (non-hydrogen) atoms. The fraction of sp³-hybridized carbons (Fsp3) is 0.812. The van der Waals surface area contributed by atoms with Crippen LogP contribution in [0.2, 0.25) is 0 Å². The van der Waals surface area contributed by atoms with Gasteiger partial charge in [0.15, 0.2) is 0 Å². The predicted molar refractivity (Wildman–Crippen MR) is 81.9 cm³/mol. The number of nitrogens with zero attached hydrogens (tertiary/aromatic N) is 1. The first kappa shape index (κ1) is 18.0. The number of aliphatic hydroxyl groups excluding tert-OH is 1. The van der Waals surface area contributed by atoms with E-state index >= 15 is 0 Å². The number of ether oxygens (including phenoxy) is 2. The van der Waals surface area contributed by atoms with Gasteiger partial charge in [-0.15, -0.1) is 0 Å². The number of carbonyl (C=O) groups excluding carboxylic acids is 1. The molecule has 1 rings (SSSR count). The summed E-state index contributed by atoms with van der Waals surface area (Å²) in [6, 6.07) is -0.145. The second kappa shape index (κ2) is 6.36. The largest absolute Gasteiger partial charge is 0.444 e. The van der Waals surface area contributed by atoms with Gasteiger partial charge in [-0.25, -0.2) is 4.79 Å². The highest BCUT2D eigenvalue weighted by molar-refractivity contribution is 5.70. The lowest BCUT2D eigenvalue weighted by Gasteiger charge is -2.37. The fourth-order valence-corrected chi connectivity index (χ4v) is 2.61. The van der Waals surface area contributed by atoms with Gasteiger partial charge >= 0.3 is 6.09 Å². The highest BCUT2D eigenvalue weighted by Gasteiger charge is 2.47. The van der Waals surface area contributed by atoms with Crippen molar-refractivity contribution in [2.24, 2.45) is 5.92 Å². The molecule has 0 radical (unpaired) electrons. The van der Waals surface area contributed by atoms with E-state index in [1.165, 1.54) is 0 Å². The van der Waals surface area contributed by atoms with Crippen molar-refractivity contribution < 1.29 is 19.4 Å². The first-order valence-corrected chi connectivity index (χ1v) is 7.45. The molecule has 0 aromatic rings. The minimum absolute atomic E-state index is 0.00860. The molecule has 0 unspecified atom stereocenters. The number of rotatable bonds is 3. The molecule has 1 aliphatic rings. The summed E-state index contributed by atoms with van der Waals surface area (Å²) in [4.78, 5) is 14.2. The van der Waals surface area contributed by atoms with Gasteiger partial charge in [0.25, 0.3) is 0 Å². The molecule has 5 heteroatoms. The van der Waals surface area contributed by atoms with E-state index in [4.69, 9.17) is 9.47 Å². The molecule has 1 aliphatic heterocycles. The van der Waals surface area contributed by atoms with Crippen LogP contribution in [0.3, 0.4) is 0 Å². The molecule has 0 saturated carbocycles. The van der Waals surface area contributed by atoms with Gasteiger partial charge in [0.05, 0.1) is 19.3 Å². The maximum Gasteiger partial charge on any atom is 0.412 e. The molecule has 0 aromatic carbocycles. The van der Waals surface area contributed by atoms with Crippen LogP contribution in [0.25, 0.3) is 0 Å². The van der Waals surface area contributed by atoms with Crippen molar-refractivity contribution in [1.82, 2.24) is 4.90 Å². The molecule has 0 spiro atoms. The summed E-state index contributed by atoms with van der Waals surface area (Å²) in [5, 5.41) is 9.45. The predicted octanol–water partition coefficient (Wildman–Crippen LogP) is 2.93. The molecule has 1 heterocycles. The maximum atomic E-state index is 12.5. The smallest absolute Gasteiger partial charge is 0.412 e. The standard InChI is InChI=1S/C16H29NO4/c1-8-12(9-18)11(2)13-10-20-16(6,7)17(13)14(19)21-15(3,4)5/h8,11,13,18H,9-10H2,1-7H3/b12-8-/t11-,13-/m1/s1. The van der Waals surface area contributed by atoms with Crippen molar-refractivity contribution in [3.8, 4) is 0 Å². The summed E-state index contributed by atoms with van der Waals surface area (Å²) in [6.45, 7) is 13.6. The number of amides is 1. The summed E-state index contributed by atoms with van der Waals surface area (Å²) < 4.78 is 11.3. The summed E-state index contributed by atoms with van der Waals surface area (Å²) >= 11 is 0. The average molecular weight is 299 g/mol. The van der Waals surface area contributed by atoms with Crippen LogP contribution in [0, 0.1) is 5.92 Å². The van der Waals surface area contributed by atoms with Crippen LogP contribution in [0.15, 0.2) is 11.6 Å². The van der Waals surface area contributed by atoms with E-state index in [2.05, 4.69) is 0 Å². The number of hydrogen-bond acceptors (Lipinski definition) is 4. The summed E-state index contributed by atoms with van der Waals surface area (Å²) in [5.74, 6) is 0.00860. The topological polar surface area (TPSA) is 59.0 Å². The van der Waals surface area contributed by atoms with Crippen molar-refractivity contribution in [3.05, 3.63) is 11.6 Å². The van der Waals surface area contributed by atoms with Crippen molar-refractivity contribution in [2.45, 2.75) is 65.8 Å². The number of carbonyl (C=O) groups is 1. The van der Waals surface area contributed by atoms with Crippen LogP contribution >= 0.6 is 0 Å². The van der Waals surface area contributed by atoms with E-state index in [9.17, 15) is 9.90 Å². The lowest BCUT2D eigenvalue weighted by atomic mass is 9.92. The van der Waals surface area contributed by atoms with Crippen LogP contribution < -0.4 is 0 Å². The third-order valence-electron chi connectivity index (χ3n) is 3.82. The monoisotopic (exact) mass is 299 g/mol. The van der Waals surface area contributed by atoms with Gasteiger partial charge < -0.3 is 14.6 Å². The molecule has 2 atom stereocenters. The fourth-order valence-electron chi connectivity index (χ4n) is 2.61. The Morgan fingerprint density at radius 3 is 2.52 bits per heavy atom. The zero-order chi connectivity index (χ0) is 16.4. The van der Waals surface area contributed by atoms with Gasteiger partial charge in [-0.1, -0.05) is 13.0 Å². The average Bonchev–Trinajstić information content (AvgIpc) is 2.64. The molecular weight excluding hydrogens is 270 g/mol. The molecule has 1 saturated heterocycles. The van der Waals surface area contributed by atoms with E-state index in [0.29, 0.717) is 6.61 Å². The zero-order valence-corrected chi connectivity index (χ0v) is 14.3. The molecule has 122 valence electrons. The van der Waals surface area contributed by atoms with Crippen LogP contribution in [-0.2, 0) is 9.47 Å². The second-order valence-corrected chi connectivity index (χ2v) is 6.99. The van der Waals surface area contributed by atoms with Crippen molar-refractivity contribution in [3.63, 3.8) is 0 Å². The first-order valence-electron chi connectivity index (χ1n) is 7.45. The Bertz CT molecular complexity index is 409. The van der Waals surface area contributed by atoms with Crippen molar-refractivity contribution >= 4 is 6.09 Å². The maximum absolute atomic E-state index is 12.5. The molecule has 5 nitrogen and oxygen atoms in total. The van der Waals surface area contributed by atoms with Crippen LogP contribution in [0.5, 0.6) is 0 Å². The molecular formula is C16H29NO4. The van der Waals surface area contributed by atoms with Crippen LogP contribution in [0.4, 0.5) is 4.79 Å². The van der Waals surface area contributed by atoms with Gasteiger partial charge in [-0.3, -0.25) is 4.90 Å². The molecule has 0 aliphatic carbocycles. The Labute approximate surface area is 127 Å². The quantitative estimate of drug-likeness (QED) is 0.814. The third kappa shape index (κ3) is 4.20. The number of allylic oxidation sites excluding steroid dienone is 1. The van der Waals surface area contributed by atoms with Gasteiger partial charge in [-0.05, 0) is 47.1 Å². The highest BCUT2D eigenvalue weighted by Crippen LogP contribution is 2.34. The van der Waals surface area contributed by atoms with E-state index in [1.807, 2.05) is 54.5 Å². The number of aliphatic hydroxyl groups is 1. The third-order valence-corrected chi connectivity index (χ3v) is 3.82. The Hall–Kier alpha value is -1.07. The molecule has 1 N–H and O–H groups in total. The SMILES string of the molecule is C/C=C(/CO)[C@@H](C)[C@H]1COC(C)(C)N1C(=O)OC(C)(C)C. The molecule has 0 aromatic heterocycles. The molecule has 1 amide bonds. The minimum atomic E-state index is -0.713. The lowest BCUT2D eigenvalue weighted by molar-refractivity contribution is -0.0637. The second-order valence-electron chi connectivity index (χ2n) is 6.99. The minimum Gasteiger partial charge on any atom is -0.444 e. The highest BCUT2D eigenvalue weighted by atomic mass is 16.6. The Kier molecular flexibility index (Phi) is 5.45. The Balaban J connectivity index is 3.02. The van der Waals surface area contributed by atoms with E-state index in [-0.39, 0.29) is 24.7 Å². The van der Waals surface area contributed by atoms with E-state index < -0.39 is 11.3 Å². The first-order chi connectivity index (χ1) is 9.53. The summed E-state index contributed by atoms with van der Waals surface area (Å²) in [6.07, 6.45) is 1.51.